The molecular weight excluding hydrogens is 332 g/mol. The number of aromatic nitrogens is 2. The number of carbonyl (C=O) groups excluding carboxylic acids is 1. The summed E-state index contributed by atoms with van der Waals surface area (Å²) in [6.07, 6.45) is 3.31. The summed E-state index contributed by atoms with van der Waals surface area (Å²) >= 11 is 0. The predicted octanol–water partition coefficient (Wildman–Crippen LogP) is 1.66. The minimum Gasteiger partial charge on any atom is -0.454 e. The van der Waals surface area contributed by atoms with Gasteiger partial charge in [0.1, 0.15) is 0 Å². The molecule has 1 amide bonds. The fourth-order valence-electron chi connectivity index (χ4n) is 3.82. The second-order valence-electron chi connectivity index (χ2n) is 6.88. The van der Waals surface area contributed by atoms with Crippen LogP contribution in [-0.2, 0) is 12.8 Å². The Bertz CT molecular complexity index is 862. The van der Waals surface area contributed by atoms with Crippen LogP contribution >= 0.6 is 0 Å². The molecule has 0 unspecified atom stereocenters. The van der Waals surface area contributed by atoms with Gasteiger partial charge < -0.3 is 19.3 Å². The van der Waals surface area contributed by atoms with E-state index >= 15 is 0 Å². The predicted molar refractivity (Wildman–Crippen MR) is 94.7 cm³/mol. The van der Waals surface area contributed by atoms with Crippen molar-refractivity contribution in [2.75, 3.05) is 37.9 Å². The van der Waals surface area contributed by atoms with E-state index in [1.165, 1.54) is 12.0 Å². The lowest BCUT2D eigenvalue weighted by molar-refractivity contribution is 0.0746. The van der Waals surface area contributed by atoms with Crippen LogP contribution in [0.2, 0.25) is 0 Å². The van der Waals surface area contributed by atoms with Gasteiger partial charge in [0.2, 0.25) is 6.79 Å². The van der Waals surface area contributed by atoms with Gasteiger partial charge in [-0.3, -0.25) is 4.79 Å². The van der Waals surface area contributed by atoms with Gasteiger partial charge in [-0.15, -0.1) is 5.10 Å². The van der Waals surface area contributed by atoms with Crippen LogP contribution < -0.4 is 14.4 Å². The molecule has 1 fully saturated rings. The highest BCUT2D eigenvalue weighted by Crippen LogP contribution is 2.33. The number of carbonyl (C=O) groups is 1. The zero-order valence-electron chi connectivity index (χ0n) is 14.5. The van der Waals surface area contributed by atoms with Crippen molar-refractivity contribution >= 4 is 11.7 Å². The molecule has 2 aromatic rings. The lowest BCUT2D eigenvalue weighted by Gasteiger charge is -2.35. The van der Waals surface area contributed by atoms with E-state index < -0.39 is 0 Å². The molecule has 0 atom stereocenters. The third kappa shape index (κ3) is 2.64. The van der Waals surface area contributed by atoms with E-state index in [-0.39, 0.29) is 12.7 Å². The zero-order chi connectivity index (χ0) is 17.5. The second-order valence-corrected chi connectivity index (χ2v) is 6.88. The molecule has 134 valence electrons. The van der Waals surface area contributed by atoms with E-state index in [1.54, 1.807) is 18.2 Å². The number of fused-ring (bicyclic) bond motifs is 2. The Balaban J connectivity index is 1.26. The van der Waals surface area contributed by atoms with E-state index in [0.29, 0.717) is 30.2 Å². The summed E-state index contributed by atoms with van der Waals surface area (Å²) < 4.78 is 10.7. The normalized spacial score (nSPS) is 18.2. The summed E-state index contributed by atoms with van der Waals surface area (Å²) in [5.41, 5.74) is 3.11. The molecule has 0 bridgehead atoms. The average molecular weight is 352 g/mol. The number of aryl methyl sites for hydroxylation is 2. The van der Waals surface area contributed by atoms with E-state index in [0.717, 1.165) is 37.4 Å². The Labute approximate surface area is 151 Å². The van der Waals surface area contributed by atoms with Crippen molar-refractivity contribution in [1.82, 2.24) is 15.1 Å². The fraction of sp³-hybridized carbons (Fsp3) is 0.421. The molecule has 0 N–H and O–H groups in total. The van der Waals surface area contributed by atoms with Crippen LogP contribution in [0.25, 0.3) is 0 Å². The molecule has 0 spiro atoms. The Morgan fingerprint density at radius 1 is 0.962 bits per heavy atom. The number of nitrogens with zero attached hydrogens (tertiary/aromatic N) is 4. The first-order valence-corrected chi connectivity index (χ1v) is 9.07. The fourth-order valence-corrected chi connectivity index (χ4v) is 3.82. The van der Waals surface area contributed by atoms with Gasteiger partial charge in [-0.25, -0.2) is 0 Å². The Hall–Kier alpha value is -2.83. The molecule has 5 rings (SSSR count). The number of piperazine rings is 1. The smallest absolute Gasteiger partial charge is 0.254 e. The van der Waals surface area contributed by atoms with E-state index in [1.807, 2.05) is 4.90 Å². The van der Waals surface area contributed by atoms with Crippen LogP contribution in [0, 0.1) is 0 Å². The van der Waals surface area contributed by atoms with Gasteiger partial charge in [0.25, 0.3) is 5.91 Å². The molecular formula is C19H20N4O3. The van der Waals surface area contributed by atoms with Gasteiger partial charge in [-0.2, -0.15) is 5.10 Å². The molecule has 7 nitrogen and oxygen atoms in total. The summed E-state index contributed by atoms with van der Waals surface area (Å²) in [5.74, 6) is 2.30. The number of ether oxygens (including phenoxy) is 2. The first-order valence-electron chi connectivity index (χ1n) is 9.07. The maximum atomic E-state index is 12.8. The minimum absolute atomic E-state index is 0.0305. The second kappa shape index (κ2) is 6.16. The summed E-state index contributed by atoms with van der Waals surface area (Å²) in [6, 6.07) is 7.54. The topological polar surface area (TPSA) is 67.8 Å². The third-order valence-electron chi connectivity index (χ3n) is 5.32. The number of anilines is 1. The van der Waals surface area contributed by atoms with Crippen molar-refractivity contribution in [1.29, 1.82) is 0 Å². The molecule has 1 saturated heterocycles. The summed E-state index contributed by atoms with van der Waals surface area (Å²) in [5, 5.41) is 8.75. The molecule has 3 heterocycles. The molecule has 26 heavy (non-hydrogen) atoms. The summed E-state index contributed by atoms with van der Waals surface area (Å²) in [6.45, 7) is 3.10. The van der Waals surface area contributed by atoms with Crippen LogP contribution in [0.15, 0.2) is 24.3 Å². The monoisotopic (exact) mass is 352 g/mol. The first kappa shape index (κ1) is 15.4. The molecule has 7 heteroatoms. The molecule has 0 saturated carbocycles. The maximum absolute atomic E-state index is 12.8. The van der Waals surface area contributed by atoms with Gasteiger partial charge >= 0.3 is 0 Å². The molecule has 2 aliphatic heterocycles. The maximum Gasteiger partial charge on any atom is 0.254 e. The third-order valence-corrected chi connectivity index (χ3v) is 5.32. The Morgan fingerprint density at radius 2 is 1.81 bits per heavy atom. The average Bonchev–Trinajstić information content (AvgIpc) is 3.35. The number of hydrogen-bond acceptors (Lipinski definition) is 6. The first-order chi connectivity index (χ1) is 12.8. The van der Waals surface area contributed by atoms with Crippen molar-refractivity contribution in [3.8, 4) is 11.5 Å². The van der Waals surface area contributed by atoms with Crippen LogP contribution in [0.1, 0.15) is 28.0 Å². The van der Waals surface area contributed by atoms with Crippen molar-refractivity contribution in [3.05, 3.63) is 41.1 Å². The number of benzene rings is 1. The highest BCUT2D eigenvalue weighted by atomic mass is 16.7. The van der Waals surface area contributed by atoms with Crippen LogP contribution in [0.3, 0.4) is 0 Å². The molecule has 0 radical (unpaired) electrons. The number of rotatable bonds is 2. The molecule has 1 aliphatic carbocycles. The van der Waals surface area contributed by atoms with E-state index in [4.69, 9.17) is 9.47 Å². The zero-order valence-corrected chi connectivity index (χ0v) is 14.5. The number of amides is 1. The van der Waals surface area contributed by atoms with Gasteiger partial charge in [0, 0.05) is 31.7 Å². The highest BCUT2D eigenvalue weighted by molar-refractivity contribution is 5.95. The van der Waals surface area contributed by atoms with E-state index in [2.05, 4.69) is 21.2 Å². The van der Waals surface area contributed by atoms with Crippen LogP contribution in [0.4, 0.5) is 5.82 Å². The highest BCUT2D eigenvalue weighted by Gasteiger charge is 2.25. The SMILES string of the molecule is O=C(c1ccc2c(c1)OCO2)N1CCN(c2cc3c(nn2)CCC3)CC1. The van der Waals surface area contributed by atoms with Crippen molar-refractivity contribution in [2.45, 2.75) is 19.3 Å². The molecule has 1 aromatic carbocycles. The lowest BCUT2D eigenvalue weighted by atomic mass is 10.1. The molecule has 1 aromatic heterocycles. The van der Waals surface area contributed by atoms with Gasteiger partial charge in [0.05, 0.1) is 5.69 Å². The van der Waals surface area contributed by atoms with Gasteiger partial charge in [0.15, 0.2) is 17.3 Å². The summed E-state index contributed by atoms with van der Waals surface area (Å²) in [7, 11) is 0. The standard InChI is InChI=1S/C19H20N4O3/c24-19(14-4-5-16-17(10-14)26-12-25-16)23-8-6-22(7-9-23)18-11-13-2-1-3-15(13)20-21-18/h4-5,10-11H,1-3,6-9,12H2. The van der Waals surface area contributed by atoms with Crippen LogP contribution in [0.5, 0.6) is 11.5 Å². The van der Waals surface area contributed by atoms with E-state index in [9.17, 15) is 4.79 Å². The van der Waals surface area contributed by atoms with Crippen molar-refractivity contribution < 1.29 is 14.3 Å². The largest absolute Gasteiger partial charge is 0.454 e. The minimum atomic E-state index is 0.0305. The van der Waals surface area contributed by atoms with Gasteiger partial charge in [-0.1, -0.05) is 0 Å². The Morgan fingerprint density at radius 3 is 2.69 bits per heavy atom. The van der Waals surface area contributed by atoms with Crippen molar-refractivity contribution in [2.24, 2.45) is 0 Å². The van der Waals surface area contributed by atoms with Crippen LogP contribution in [-0.4, -0.2) is 54.0 Å². The molecule has 3 aliphatic rings. The Kier molecular flexibility index (Phi) is 3.65. The lowest BCUT2D eigenvalue weighted by Crippen LogP contribution is -2.49. The number of hydrogen-bond donors (Lipinski definition) is 0. The van der Waals surface area contributed by atoms with Gasteiger partial charge in [-0.05, 0) is 49.1 Å². The summed E-state index contributed by atoms with van der Waals surface area (Å²) in [4.78, 5) is 16.9. The van der Waals surface area contributed by atoms with Crippen molar-refractivity contribution in [3.63, 3.8) is 0 Å². The quantitative estimate of drug-likeness (QED) is 0.819.